The van der Waals surface area contributed by atoms with Gasteiger partial charge in [-0.2, -0.15) is 50.7 Å². The first-order valence-corrected chi connectivity index (χ1v) is 35.3. The van der Waals surface area contributed by atoms with Crippen molar-refractivity contribution in [1.29, 1.82) is 10.5 Å². The van der Waals surface area contributed by atoms with Gasteiger partial charge >= 0.3 is 0 Å². The summed E-state index contributed by atoms with van der Waals surface area (Å²) in [4.78, 5) is 67.1. The molecule has 2 amide bonds. The molecule has 97 heavy (non-hydrogen) atoms. The van der Waals surface area contributed by atoms with Crippen LogP contribution in [-0.2, 0) is 49.5 Å². The van der Waals surface area contributed by atoms with Crippen LogP contribution in [0.5, 0.6) is 11.5 Å². The lowest BCUT2D eigenvalue weighted by molar-refractivity contribution is -0.120. The lowest BCUT2D eigenvalue weighted by atomic mass is 10.1. The maximum atomic E-state index is 14.0. The van der Waals surface area contributed by atoms with E-state index in [1.54, 1.807) is 24.3 Å². The van der Waals surface area contributed by atoms with Crippen molar-refractivity contribution in [3.63, 3.8) is 0 Å². The Morgan fingerprint density at radius 2 is 1.01 bits per heavy atom. The fourth-order valence-corrected chi connectivity index (χ4v) is 14.9. The Labute approximate surface area is 566 Å². The SMILES string of the molecule is CCN(CC)c1cc(Nc2nc(Nc3cc(N(CC)CC)c(OC)cc3/N=N/c3sc(/C=C(\C(C)=O)C(=O)Nc4cccc(F)c4)c(S(=O)(=O)O)c3C#N)nc(SCCS(=O)(=O)O)n2)c(/N=N/c2sc(/C=C(/C(C)=O)C(=O)Nc3cccc(F)c3)c(S(=O)(=O)O)c2C#N)cc1OC. The van der Waals surface area contributed by atoms with Gasteiger partial charge in [0.05, 0.1) is 63.6 Å². The molecule has 4 aromatic carbocycles. The summed E-state index contributed by atoms with van der Waals surface area (Å²) in [7, 11) is -12.5. The molecule has 0 aliphatic rings. The van der Waals surface area contributed by atoms with Crippen LogP contribution < -0.4 is 40.5 Å². The third-order valence-corrected chi connectivity index (χ3v) is 19.4. The van der Waals surface area contributed by atoms with Gasteiger partial charge in [-0.15, -0.1) is 43.1 Å². The highest BCUT2D eigenvalue weighted by molar-refractivity contribution is 8.00. The zero-order valence-electron chi connectivity index (χ0n) is 52.2. The predicted octanol–water partition coefficient (Wildman–Crippen LogP) is 11.7. The molecular formula is C59H57F2N15O15S6. The normalized spacial score (nSPS) is 12.1. The van der Waals surface area contributed by atoms with Gasteiger partial charge in [0, 0.05) is 55.4 Å². The van der Waals surface area contributed by atoms with Crippen molar-refractivity contribution in [1.82, 2.24) is 15.0 Å². The van der Waals surface area contributed by atoms with Gasteiger partial charge in [-0.25, -0.2) is 8.78 Å². The molecule has 0 saturated carbocycles. The summed E-state index contributed by atoms with van der Waals surface area (Å²) in [5.41, 5.74) is -2.31. The van der Waals surface area contributed by atoms with Crippen LogP contribution in [0.25, 0.3) is 12.2 Å². The van der Waals surface area contributed by atoms with Crippen LogP contribution in [0.4, 0.5) is 76.2 Å². The average molecular weight is 1450 g/mol. The van der Waals surface area contributed by atoms with Crippen molar-refractivity contribution in [2.24, 2.45) is 20.5 Å². The summed E-state index contributed by atoms with van der Waals surface area (Å²) in [6.07, 6.45) is 1.61. The maximum absolute atomic E-state index is 14.0. The Kier molecular flexibility index (Phi) is 24.6. The number of aromatic nitrogens is 3. The van der Waals surface area contributed by atoms with Crippen LogP contribution in [0.15, 0.2) is 119 Å². The van der Waals surface area contributed by atoms with Gasteiger partial charge < -0.3 is 40.5 Å². The second kappa shape index (κ2) is 32.1. The van der Waals surface area contributed by atoms with E-state index in [-0.39, 0.29) is 68.4 Å². The fourth-order valence-electron chi connectivity index (χ4n) is 8.97. The quantitative estimate of drug-likeness (QED) is 0.00549. The van der Waals surface area contributed by atoms with E-state index in [9.17, 15) is 77.4 Å². The number of amides is 2. The van der Waals surface area contributed by atoms with Crippen molar-refractivity contribution in [2.75, 3.05) is 83.0 Å². The molecule has 0 aliphatic carbocycles. The van der Waals surface area contributed by atoms with E-state index < -0.39 is 123 Å². The minimum Gasteiger partial charge on any atom is -0.494 e. The number of methoxy groups -OCH3 is 2. The summed E-state index contributed by atoms with van der Waals surface area (Å²) in [6, 6.07) is 18.6. The van der Waals surface area contributed by atoms with E-state index in [1.807, 2.05) is 37.5 Å². The molecule has 7 N–H and O–H groups in total. The molecule has 0 unspecified atom stereocenters. The van der Waals surface area contributed by atoms with Crippen LogP contribution in [0.1, 0.15) is 62.4 Å². The Hall–Kier alpha value is -10.0. The number of nitrogens with zero attached hydrogens (tertiary/aromatic N) is 11. The molecule has 0 spiro atoms. The number of Topliss-reactive ketones (excluding diaryl/α,β-unsaturated/α-hetero) is 2. The highest BCUT2D eigenvalue weighted by atomic mass is 32.2. The van der Waals surface area contributed by atoms with E-state index >= 15 is 0 Å². The van der Waals surface area contributed by atoms with Crippen LogP contribution in [0, 0.1) is 34.3 Å². The number of anilines is 8. The van der Waals surface area contributed by atoms with Gasteiger partial charge in [0.15, 0.2) is 26.7 Å². The Morgan fingerprint density at radius 3 is 1.33 bits per heavy atom. The standard InChI is InChI=1S/C59H57F2N15O15S6/c1-9-75(10-2)45-25-41(43(27-47(45)90-7)71-73-55-39(29-62)51(96(84,85)86)49(93-55)23-37(31(5)77)53(79)64-35-17-13-15-33(60)21-35)66-57-68-58(70-59(69-57)92-19-20-95(81,82)83)67-42-26-46(76(11-3)12-4)48(91-8)28-44(42)72-74-56-40(30-63)52(97(87,88)89)50(94-56)24-38(32(6)78)54(80)65-36-18-14-16-34(61)22-36/h13-18,21-28H,9-12,19-20H2,1-8H3,(H,64,79)(H,65,80)(H,81,82,83)(H,84,85,86)(H,87,88,89)(H2,66,67,68,69,70)/b37-23-,38-24+,73-71+,74-72+. The highest BCUT2D eigenvalue weighted by Gasteiger charge is 2.31. The second-order valence-electron chi connectivity index (χ2n) is 19.8. The molecule has 3 heterocycles. The summed E-state index contributed by atoms with van der Waals surface area (Å²) >= 11 is 1.61. The molecule has 3 aromatic heterocycles. The number of carbonyl (C=O) groups is 4. The summed E-state index contributed by atoms with van der Waals surface area (Å²) in [6.45, 7) is 11.0. The minimum atomic E-state index is -5.34. The van der Waals surface area contributed by atoms with E-state index in [0.29, 0.717) is 60.2 Å². The Morgan fingerprint density at radius 1 is 0.619 bits per heavy atom. The van der Waals surface area contributed by atoms with Gasteiger partial charge in [0.25, 0.3) is 42.2 Å². The summed E-state index contributed by atoms with van der Waals surface area (Å²) in [5, 5.41) is 47.7. The zero-order valence-corrected chi connectivity index (χ0v) is 57.1. The smallest absolute Gasteiger partial charge is 0.297 e. The average Bonchev–Trinajstić information content (AvgIpc) is 1.72. The molecule has 0 atom stereocenters. The molecule has 0 radical (unpaired) electrons. The van der Waals surface area contributed by atoms with Gasteiger partial charge in [0.1, 0.15) is 67.6 Å². The molecule has 0 aliphatic heterocycles. The van der Waals surface area contributed by atoms with Crippen molar-refractivity contribution in [3.05, 3.63) is 116 Å². The Balaban J connectivity index is 1.40. The number of rotatable bonds is 30. The zero-order chi connectivity index (χ0) is 71.3. The number of nitrogens with one attached hydrogen (secondary N) is 4. The largest absolute Gasteiger partial charge is 0.494 e. The number of benzene rings is 4. The highest BCUT2D eigenvalue weighted by Crippen LogP contribution is 2.46. The van der Waals surface area contributed by atoms with Gasteiger partial charge in [-0.1, -0.05) is 23.9 Å². The van der Waals surface area contributed by atoms with E-state index in [1.165, 1.54) is 50.6 Å². The third kappa shape index (κ3) is 18.9. The number of ether oxygens (including phenoxy) is 2. The number of carbonyl (C=O) groups excluding carboxylic acids is 4. The van der Waals surface area contributed by atoms with Crippen molar-refractivity contribution in [2.45, 2.75) is 56.5 Å². The third-order valence-electron chi connectivity index (χ3n) is 13.4. The number of thiophene rings is 2. The predicted molar refractivity (Wildman–Crippen MR) is 360 cm³/mol. The number of ketones is 2. The molecule has 508 valence electrons. The molecule has 7 aromatic rings. The van der Waals surface area contributed by atoms with Gasteiger partial charge in [-0.3, -0.25) is 32.8 Å². The number of nitriles is 2. The number of hydrogen-bond donors (Lipinski definition) is 7. The topological polar surface area (TPSA) is 440 Å². The van der Waals surface area contributed by atoms with Crippen molar-refractivity contribution >= 4 is 168 Å². The Bertz CT molecular complexity index is 4550. The van der Waals surface area contributed by atoms with Crippen molar-refractivity contribution < 1.29 is 76.3 Å². The van der Waals surface area contributed by atoms with Crippen LogP contribution in [-0.4, -0.2) is 129 Å². The van der Waals surface area contributed by atoms with Crippen LogP contribution in [0.3, 0.4) is 0 Å². The van der Waals surface area contributed by atoms with Crippen LogP contribution in [0.2, 0.25) is 0 Å². The summed E-state index contributed by atoms with van der Waals surface area (Å²) < 4.78 is 146. The fraction of sp³-hybridized carbons (Fsp3) is 0.237. The lowest BCUT2D eigenvalue weighted by Crippen LogP contribution is -2.22. The minimum absolute atomic E-state index is 0.0173. The monoisotopic (exact) mass is 1450 g/mol. The van der Waals surface area contributed by atoms with Crippen LogP contribution >= 0.6 is 34.4 Å². The molecule has 0 saturated heterocycles. The molecular weight excluding hydrogens is 1390 g/mol. The lowest BCUT2D eigenvalue weighted by Gasteiger charge is -2.25. The molecule has 30 nitrogen and oxygen atoms in total. The molecule has 7 rings (SSSR count). The first-order chi connectivity index (χ1) is 45.9. The molecule has 38 heteroatoms. The van der Waals surface area contributed by atoms with Crippen molar-refractivity contribution in [3.8, 4) is 23.6 Å². The van der Waals surface area contributed by atoms with Gasteiger partial charge in [-0.05, 0) is 102 Å². The summed E-state index contributed by atoms with van der Waals surface area (Å²) in [5.74, 6) is -6.78. The first-order valence-electron chi connectivity index (χ1n) is 28.2. The van der Waals surface area contributed by atoms with E-state index in [4.69, 9.17) is 9.47 Å². The van der Waals surface area contributed by atoms with E-state index in [0.717, 1.165) is 62.0 Å². The number of halogens is 2. The number of azo groups is 2. The number of hydrogen-bond acceptors (Lipinski definition) is 28. The number of thioether (sulfide) groups is 1. The van der Waals surface area contributed by atoms with E-state index in [2.05, 4.69) is 56.7 Å². The first kappa shape index (κ1) is 74.4. The molecule has 0 fully saturated rings. The van der Waals surface area contributed by atoms with Gasteiger partial charge in [0.2, 0.25) is 11.9 Å². The maximum Gasteiger partial charge on any atom is 0.297 e. The molecule has 0 bridgehead atoms. The second-order valence-corrected chi connectivity index (χ2v) is 27.2.